The molecule has 0 amide bonds. The fraction of sp³-hybridized carbons (Fsp3) is 0.778. The minimum atomic E-state index is -0.403. The van der Waals surface area contributed by atoms with Gasteiger partial charge in [0, 0.05) is 12.5 Å². The molecule has 0 heterocycles. The van der Waals surface area contributed by atoms with E-state index in [1.54, 1.807) is 0 Å². The lowest BCUT2D eigenvalue weighted by atomic mass is 9.96. The third-order valence-electron chi connectivity index (χ3n) is 2.59. The number of aliphatic hydroxyl groups excluding tert-OH is 3. The van der Waals surface area contributed by atoms with Crippen LogP contribution >= 0.6 is 0 Å². The van der Waals surface area contributed by atoms with Crippen LogP contribution in [0.5, 0.6) is 0 Å². The summed E-state index contributed by atoms with van der Waals surface area (Å²) in [6.45, 7) is 2.00. The molecular formula is C9H16O3. The number of rotatable bonds is 3. The molecule has 1 aliphatic carbocycles. The standard InChI is InChI=1S/C9H16O3/c1-6-4-9(12)7(2-3-10)8(6)5-11/h7,9-12H,2-5H2,1H3/t7-,9-/m1/s1. The minimum Gasteiger partial charge on any atom is -0.396 e. The molecule has 2 atom stereocenters. The highest BCUT2D eigenvalue weighted by Crippen LogP contribution is 2.33. The topological polar surface area (TPSA) is 60.7 Å². The van der Waals surface area contributed by atoms with Crippen LogP contribution < -0.4 is 0 Å². The van der Waals surface area contributed by atoms with Crippen molar-refractivity contribution in [2.24, 2.45) is 5.92 Å². The van der Waals surface area contributed by atoms with Gasteiger partial charge in [0.15, 0.2) is 0 Å². The van der Waals surface area contributed by atoms with Gasteiger partial charge >= 0.3 is 0 Å². The van der Waals surface area contributed by atoms with E-state index in [9.17, 15) is 5.11 Å². The number of aliphatic hydroxyl groups is 3. The van der Waals surface area contributed by atoms with Crippen LogP contribution in [-0.2, 0) is 0 Å². The Bertz CT molecular complexity index is 186. The van der Waals surface area contributed by atoms with Gasteiger partial charge in [-0.05, 0) is 25.3 Å². The van der Waals surface area contributed by atoms with Crippen LogP contribution in [0, 0.1) is 5.92 Å². The molecule has 1 rings (SSSR count). The summed E-state index contributed by atoms with van der Waals surface area (Å²) in [5.74, 6) is -0.0278. The summed E-state index contributed by atoms with van der Waals surface area (Å²) in [6, 6.07) is 0. The van der Waals surface area contributed by atoms with E-state index in [1.165, 1.54) is 0 Å². The van der Waals surface area contributed by atoms with Crippen LogP contribution in [0.1, 0.15) is 19.8 Å². The summed E-state index contributed by atoms with van der Waals surface area (Å²) < 4.78 is 0. The molecule has 12 heavy (non-hydrogen) atoms. The summed E-state index contributed by atoms with van der Waals surface area (Å²) in [5, 5.41) is 27.3. The van der Waals surface area contributed by atoms with Crippen molar-refractivity contribution < 1.29 is 15.3 Å². The zero-order valence-electron chi connectivity index (χ0n) is 7.32. The third-order valence-corrected chi connectivity index (χ3v) is 2.59. The van der Waals surface area contributed by atoms with Crippen LogP contribution in [0.4, 0.5) is 0 Å². The lowest BCUT2D eigenvalue weighted by Gasteiger charge is -2.16. The van der Waals surface area contributed by atoms with Crippen molar-refractivity contribution in [2.75, 3.05) is 13.2 Å². The molecule has 0 aromatic carbocycles. The molecule has 0 aliphatic heterocycles. The molecule has 0 unspecified atom stereocenters. The van der Waals surface area contributed by atoms with E-state index >= 15 is 0 Å². The molecule has 3 nitrogen and oxygen atoms in total. The largest absolute Gasteiger partial charge is 0.396 e. The van der Waals surface area contributed by atoms with Crippen molar-refractivity contribution in [1.82, 2.24) is 0 Å². The predicted octanol–water partition coefficient (Wildman–Crippen LogP) is 0.0584. The second-order valence-electron chi connectivity index (χ2n) is 3.35. The highest BCUT2D eigenvalue weighted by atomic mass is 16.3. The van der Waals surface area contributed by atoms with Crippen molar-refractivity contribution in [3.63, 3.8) is 0 Å². The first kappa shape index (κ1) is 9.71. The second-order valence-corrected chi connectivity index (χ2v) is 3.35. The number of hydrogen-bond donors (Lipinski definition) is 3. The van der Waals surface area contributed by atoms with Gasteiger partial charge in [0.2, 0.25) is 0 Å². The highest BCUT2D eigenvalue weighted by molar-refractivity contribution is 5.24. The molecule has 3 N–H and O–H groups in total. The Hall–Kier alpha value is -0.380. The number of hydrogen-bond acceptors (Lipinski definition) is 3. The smallest absolute Gasteiger partial charge is 0.0647 e. The highest BCUT2D eigenvalue weighted by Gasteiger charge is 2.30. The van der Waals surface area contributed by atoms with Gasteiger partial charge in [0.25, 0.3) is 0 Å². The van der Waals surface area contributed by atoms with E-state index < -0.39 is 6.10 Å². The quantitative estimate of drug-likeness (QED) is 0.527. The fourth-order valence-corrected chi connectivity index (χ4v) is 1.89. The van der Waals surface area contributed by atoms with E-state index in [-0.39, 0.29) is 19.1 Å². The molecular weight excluding hydrogens is 156 g/mol. The average molecular weight is 172 g/mol. The Morgan fingerprint density at radius 1 is 1.42 bits per heavy atom. The summed E-state index contributed by atoms with van der Waals surface area (Å²) in [6.07, 6.45) is 0.786. The van der Waals surface area contributed by atoms with E-state index in [2.05, 4.69) is 0 Å². The molecule has 0 aromatic heterocycles. The van der Waals surface area contributed by atoms with Gasteiger partial charge in [-0.15, -0.1) is 0 Å². The monoisotopic (exact) mass is 172 g/mol. The summed E-state index contributed by atoms with van der Waals surface area (Å²) in [5.41, 5.74) is 1.99. The van der Waals surface area contributed by atoms with Gasteiger partial charge in [0.05, 0.1) is 12.7 Å². The van der Waals surface area contributed by atoms with E-state index in [0.29, 0.717) is 12.8 Å². The van der Waals surface area contributed by atoms with Crippen LogP contribution in [0.3, 0.4) is 0 Å². The van der Waals surface area contributed by atoms with Crippen LogP contribution in [0.15, 0.2) is 11.1 Å². The molecule has 0 radical (unpaired) electrons. The predicted molar refractivity (Wildman–Crippen MR) is 45.6 cm³/mol. The summed E-state index contributed by atoms with van der Waals surface area (Å²) >= 11 is 0. The average Bonchev–Trinajstić information content (AvgIpc) is 2.28. The van der Waals surface area contributed by atoms with Gasteiger partial charge in [0.1, 0.15) is 0 Å². The molecule has 70 valence electrons. The Morgan fingerprint density at radius 3 is 2.58 bits per heavy atom. The molecule has 0 fully saturated rings. The van der Waals surface area contributed by atoms with Crippen molar-refractivity contribution >= 4 is 0 Å². The Labute approximate surface area is 72.3 Å². The maximum Gasteiger partial charge on any atom is 0.0647 e. The lowest BCUT2D eigenvalue weighted by Crippen LogP contribution is -2.19. The molecule has 0 saturated heterocycles. The van der Waals surface area contributed by atoms with Gasteiger partial charge in [-0.1, -0.05) is 5.57 Å². The molecule has 0 aromatic rings. The molecule has 3 heteroatoms. The minimum absolute atomic E-state index is 0.00750. The summed E-state index contributed by atoms with van der Waals surface area (Å²) in [7, 11) is 0. The Balaban J connectivity index is 2.69. The Kier molecular flexibility index (Phi) is 3.26. The van der Waals surface area contributed by atoms with Gasteiger partial charge in [-0.25, -0.2) is 0 Å². The molecule has 0 saturated carbocycles. The summed E-state index contributed by atoms with van der Waals surface area (Å²) in [4.78, 5) is 0. The van der Waals surface area contributed by atoms with Gasteiger partial charge in [-0.3, -0.25) is 0 Å². The van der Waals surface area contributed by atoms with E-state index in [4.69, 9.17) is 10.2 Å². The lowest BCUT2D eigenvalue weighted by molar-refractivity contribution is 0.115. The zero-order chi connectivity index (χ0) is 9.14. The van der Waals surface area contributed by atoms with Crippen LogP contribution in [-0.4, -0.2) is 34.6 Å². The second kappa shape index (κ2) is 4.03. The maximum atomic E-state index is 9.53. The molecule has 1 aliphatic rings. The SMILES string of the molecule is CC1=C(CO)[C@@H](CCO)[C@H](O)C1. The van der Waals surface area contributed by atoms with Crippen molar-refractivity contribution in [3.8, 4) is 0 Å². The molecule has 0 spiro atoms. The zero-order valence-corrected chi connectivity index (χ0v) is 7.32. The van der Waals surface area contributed by atoms with Crippen molar-refractivity contribution in [2.45, 2.75) is 25.9 Å². The van der Waals surface area contributed by atoms with Crippen molar-refractivity contribution in [3.05, 3.63) is 11.1 Å². The van der Waals surface area contributed by atoms with Crippen molar-refractivity contribution in [1.29, 1.82) is 0 Å². The Morgan fingerprint density at radius 2 is 2.08 bits per heavy atom. The van der Waals surface area contributed by atoms with E-state index in [1.807, 2.05) is 6.92 Å². The van der Waals surface area contributed by atoms with Crippen LogP contribution in [0.2, 0.25) is 0 Å². The van der Waals surface area contributed by atoms with Gasteiger partial charge in [-0.2, -0.15) is 0 Å². The first-order chi connectivity index (χ1) is 5.70. The third kappa shape index (κ3) is 1.68. The first-order valence-electron chi connectivity index (χ1n) is 4.29. The fourth-order valence-electron chi connectivity index (χ4n) is 1.89. The van der Waals surface area contributed by atoms with E-state index in [0.717, 1.165) is 11.1 Å². The normalized spacial score (nSPS) is 30.0. The molecule has 0 bridgehead atoms. The maximum absolute atomic E-state index is 9.53. The van der Waals surface area contributed by atoms with Crippen LogP contribution in [0.25, 0.3) is 0 Å². The first-order valence-corrected chi connectivity index (χ1v) is 4.29. The van der Waals surface area contributed by atoms with Gasteiger partial charge < -0.3 is 15.3 Å².